The van der Waals surface area contributed by atoms with Crippen molar-refractivity contribution in [3.05, 3.63) is 63.5 Å². The van der Waals surface area contributed by atoms with Crippen LogP contribution in [0.3, 0.4) is 0 Å². The molecule has 6 nitrogen and oxygen atoms in total. The number of anilines is 1. The lowest BCUT2D eigenvalue weighted by atomic mass is 10.2. The Labute approximate surface area is 175 Å². The highest BCUT2D eigenvalue weighted by atomic mass is 35.5. The molecular weight excluding hydrogens is 423 g/mol. The number of aromatic nitrogens is 1. The topological polar surface area (TPSA) is 77.5 Å². The maximum atomic E-state index is 12.0. The third-order valence-electron chi connectivity index (χ3n) is 3.63. The first-order valence-corrected chi connectivity index (χ1v) is 9.62. The van der Waals surface area contributed by atoms with Crippen LogP contribution in [-0.4, -0.2) is 30.6 Å². The molecule has 1 aromatic heterocycles. The summed E-state index contributed by atoms with van der Waals surface area (Å²) in [6.07, 6.45) is 0. The van der Waals surface area contributed by atoms with Gasteiger partial charge in [-0.15, -0.1) is 11.3 Å². The highest BCUT2D eigenvalue weighted by molar-refractivity contribution is 7.14. The molecule has 0 radical (unpaired) electrons. The molecule has 0 unspecified atom stereocenters. The monoisotopic (exact) mass is 436 g/mol. The van der Waals surface area contributed by atoms with Crippen LogP contribution in [0.1, 0.15) is 10.4 Å². The Morgan fingerprint density at radius 2 is 1.86 bits per heavy atom. The number of ether oxygens (including phenoxy) is 2. The third-order valence-corrected chi connectivity index (χ3v) is 5.12. The molecule has 28 heavy (non-hydrogen) atoms. The van der Waals surface area contributed by atoms with Gasteiger partial charge in [0.1, 0.15) is 5.75 Å². The normalized spacial score (nSPS) is 10.4. The number of halogens is 2. The molecule has 0 aliphatic carbocycles. The van der Waals surface area contributed by atoms with Gasteiger partial charge in [-0.3, -0.25) is 10.1 Å². The Morgan fingerprint density at radius 3 is 2.54 bits per heavy atom. The van der Waals surface area contributed by atoms with E-state index in [-0.39, 0.29) is 10.6 Å². The summed E-state index contributed by atoms with van der Waals surface area (Å²) >= 11 is 12.9. The van der Waals surface area contributed by atoms with Crippen molar-refractivity contribution in [2.45, 2.75) is 0 Å². The number of nitrogens with one attached hydrogen (secondary N) is 1. The van der Waals surface area contributed by atoms with Crippen molar-refractivity contribution >= 4 is 51.5 Å². The van der Waals surface area contributed by atoms with E-state index in [1.54, 1.807) is 7.11 Å². The van der Waals surface area contributed by atoms with E-state index in [1.165, 1.54) is 29.5 Å². The summed E-state index contributed by atoms with van der Waals surface area (Å²) in [5.74, 6) is -0.424. The number of methoxy groups -OCH3 is 1. The summed E-state index contributed by atoms with van der Waals surface area (Å²) in [6, 6.07) is 11.7. The highest BCUT2D eigenvalue weighted by Crippen LogP contribution is 2.26. The van der Waals surface area contributed by atoms with Crippen LogP contribution < -0.4 is 10.1 Å². The minimum absolute atomic E-state index is 0.207. The molecule has 9 heteroatoms. The number of hydrogen-bond donors (Lipinski definition) is 1. The van der Waals surface area contributed by atoms with E-state index in [1.807, 2.05) is 29.6 Å². The number of hydrogen-bond acceptors (Lipinski definition) is 6. The Morgan fingerprint density at radius 1 is 1.11 bits per heavy atom. The van der Waals surface area contributed by atoms with Gasteiger partial charge in [-0.25, -0.2) is 9.78 Å². The summed E-state index contributed by atoms with van der Waals surface area (Å²) in [6.45, 7) is -0.448. The van der Waals surface area contributed by atoms with E-state index in [0.717, 1.165) is 17.0 Å². The molecule has 0 atom stereocenters. The van der Waals surface area contributed by atoms with Crippen LogP contribution in [-0.2, 0) is 9.53 Å². The molecule has 2 aromatic carbocycles. The lowest BCUT2D eigenvalue weighted by Crippen LogP contribution is -2.20. The largest absolute Gasteiger partial charge is 0.497 e. The fourth-order valence-electron chi connectivity index (χ4n) is 2.22. The quantitative estimate of drug-likeness (QED) is 0.554. The van der Waals surface area contributed by atoms with Crippen molar-refractivity contribution in [2.24, 2.45) is 0 Å². The summed E-state index contributed by atoms with van der Waals surface area (Å²) in [5, 5.41) is 5.38. The van der Waals surface area contributed by atoms with Crippen molar-refractivity contribution in [3.8, 4) is 17.0 Å². The zero-order chi connectivity index (χ0) is 20.1. The summed E-state index contributed by atoms with van der Waals surface area (Å²) in [7, 11) is 1.60. The predicted octanol–water partition coefficient (Wildman–Crippen LogP) is 4.92. The van der Waals surface area contributed by atoms with Crippen molar-refractivity contribution < 1.29 is 19.1 Å². The van der Waals surface area contributed by atoms with Gasteiger partial charge in [0, 0.05) is 10.9 Å². The van der Waals surface area contributed by atoms with E-state index in [9.17, 15) is 9.59 Å². The van der Waals surface area contributed by atoms with Gasteiger partial charge < -0.3 is 9.47 Å². The molecule has 3 rings (SSSR count). The average Bonchev–Trinajstić information content (AvgIpc) is 3.16. The summed E-state index contributed by atoms with van der Waals surface area (Å²) in [4.78, 5) is 28.3. The van der Waals surface area contributed by atoms with E-state index in [4.69, 9.17) is 32.7 Å². The van der Waals surface area contributed by atoms with Crippen LogP contribution in [0.4, 0.5) is 5.13 Å². The molecule has 1 amide bonds. The Hall–Kier alpha value is -2.61. The SMILES string of the molecule is COc1ccc(-c2csc(NC(=O)COC(=O)c3ccc(Cl)c(Cl)c3)n2)cc1. The summed E-state index contributed by atoms with van der Waals surface area (Å²) in [5.41, 5.74) is 1.82. The number of rotatable bonds is 6. The first kappa shape index (κ1) is 20.1. The molecule has 0 aliphatic rings. The minimum Gasteiger partial charge on any atom is -0.497 e. The Balaban J connectivity index is 1.55. The average molecular weight is 437 g/mol. The van der Waals surface area contributed by atoms with E-state index in [2.05, 4.69) is 10.3 Å². The number of carbonyl (C=O) groups is 2. The van der Waals surface area contributed by atoms with Crippen LogP contribution in [0.15, 0.2) is 47.8 Å². The minimum atomic E-state index is -0.674. The van der Waals surface area contributed by atoms with Crippen molar-refractivity contribution in [1.82, 2.24) is 4.98 Å². The van der Waals surface area contributed by atoms with Crippen LogP contribution in [0, 0.1) is 0 Å². The number of esters is 1. The predicted molar refractivity (Wildman–Crippen MR) is 109 cm³/mol. The second-order valence-electron chi connectivity index (χ2n) is 5.52. The van der Waals surface area contributed by atoms with Gasteiger partial charge in [-0.1, -0.05) is 23.2 Å². The highest BCUT2D eigenvalue weighted by Gasteiger charge is 2.13. The van der Waals surface area contributed by atoms with Gasteiger partial charge in [0.15, 0.2) is 11.7 Å². The first-order valence-electron chi connectivity index (χ1n) is 7.98. The molecule has 0 saturated heterocycles. The molecule has 0 saturated carbocycles. The molecule has 0 bridgehead atoms. The number of carbonyl (C=O) groups excluding carboxylic acids is 2. The number of thiazole rings is 1. The van der Waals surface area contributed by atoms with E-state index in [0.29, 0.717) is 10.2 Å². The van der Waals surface area contributed by atoms with Crippen LogP contribution in [0.25, 0.3) is 11.3 Å². The van der Waals surface area contributed by atoms with E-state index < -0.39 is 18.5 Å². The van der Waals surface area contributed by atoms with Crippen LogP contribution in [0.2, 0.25) is 10.0 Å². The summed E-state index contributed by atoms with van der Waals surface area (Å²) < 4.78 is 10.1. The van der Waals surface area contributed by atoms with Crippen molar-refractivity contribution in [3.63, 3.8) is 0 Å². The van der Waals surface area contributed by atoms with Crippen LogP contribution >= 0.6 is 34.5 Å². The molecule has 1 heterocycles. The van der Waals surface area contributed by atoms with Crippen molar-refractivity contribution in [1.29, 1.82) is 0 Å². The van der Waals surface area contributed by atoms with Crippen molar-refractivity contribution in [2.75, 3.05) is 19.0 Å². The lowest BCUT2D eigenvalue weighted by molar-refractivity contribution is -0.119. The van der Waals surface area contributed by atoms with Gasteiger partial charge in [-0.2, -0.15) is 0 Å². The second kappa shape index (κ2) is 9.05. The zero-order valence-electron chi connectivity index (χ0n) is 14.6. The Bertz CT molecular complexity index is 1010. The van der Waals surface area contributed by atoms with Crippen LogP contribution in [0.5, 0.6) is 5.75 Å². The lowest BCUT2D eigenvalue weighted by Gasteiger charge is -2.05. The number of benzene rings is 2. The van der Waals surface area contributed by atoms with Gasteiger partial charge in [0.2, 0.25) is 0 Å². The van der Waals surface area contributed by atoms with E-state index >= 15 is 0 Å². The molecule has 0 fully saturated rings. The molecule has 3 aromatic rings. The van der Waals surface area contributed by atoms with Gasteiger partial charge >= 0.3 is 5.97 Å². The maximum absolute atomic E-state index is 12.0. The molecule has 0 spiro atoms. The Kier molecular flexibility index (Phi) is 6.51. The zero-order valence-corrected chi connectivity index (χ0v) is 16.9. The molecule has 1 N–H and O–H groups in total. The number of nitrogens with zero attached hydrogens (tertiary/aromatic N) is 1. The fraction of sp³-hybridized carbons (Fsp3) is 0.105. The first-order chi connectivity index (χ1) is 13.5. The maximum Gasteiger partial charge on any atom is 0.338 e. The van der Waals surface area contributed by atoms with Gasteiger partial charge in [-0.05, 0) is 42.5 Å². The fourth-order valence-corrected chi connectivity index (χ4v) is 3.25. The molecule has 144 valence electrons. The third kappa shape index (κ3) is 5.01. The molecule has 0 aliphatic heterocycles. The standard InChI is InChI=1S/C19H14Cl2N2O4S/c1-26-13-5-2-11(3-6-13)16-10-28-19(22-16)23-17(24)9-27-18(25)12-4-7-14(20)15(21)8-12/h2-8,10H,9H2,1H3,(H,22,23,24). The van der Waals surface area contributed by atoms with Gasteiger partial charge in [0.25, 0.3) is 5.91 Å². The van der Waals surface area contributed by atoms with Gasteiger partial charge in [0.05, 0.1) is 28.4 Å². The number of amides is 1. The smallest absolute Gasteiger partial charge is 0.338 e. The second-order valence-corrected chi connectivity index (χ2v) is 7.19. The molecular formula is C19H14Cl2N2O4S.